The van der Waals surface area contributed by atoms with Gasteiger partial charge in [0.05, 0.1) is 6.20 Å². The molecule has 112 valence electrons. The first-order valence-corrected chi connectivity index (χ1v) is 8.54. The van der Waals surface area contributed by atoms with Gasteiger partial charge >= 0.3 is 0 Å². The lowest BCUT2D eigenvalue weighted by molar-refractivity contribution is -0.114. The number of anilines is 1. The number of hydrogen-bond acceptors (Lipinski definition) is 5. The molecule has 0 aliphatic carbocycles. The maximum Gasteiger partial charge on any atom is 0.251 e. The van der Waals surface area contributed by atoms with Crippen LogP contribution in [0.15, 0.2) is 40.7 Å². The number of benzene rings is 1. The smallest absolute Gasteiger partial charge is 0.251 e. The van der Waals surface area contributed by atoms with Crippen LogP contribution in [-0.2, 0) is 21.2 Å². The number of carbonyl (C=O) groups excluding carboxylic acids is 1. The third-order valence-corrected chi connectivity index (χ3v) is 5.42. The van der Waals surface area contributed by atoms with E-state index in [1.165, 1.54) is 13.1 Å². The van der Waals surface area contributed by atoms with Gasteiger partial charge in [0.2, 0.25) is 5.91 Å². The fourth-order valence-corrected chi connectivity index (χ4v) is 3.79. The van der Waals surface area contributed by atoms with Crippen molar-refractivity contribution < 1.29 is 13.2 Å². The van der Waals surface area contributed by atoms with Crippen LogP contribution in [0.2, 0.25) is 0 Å². The van der Waals surface area contributed by atoms with Crippen LogP contribution < -0.4 is 10.0 Å². The number of amides is 1. The highest BCUT2D eigenvalue weighted by Gasteiger charge is 2.17. The van der Waals surface area contributed by atoms with Crippen LogP contribution in [-0.4, -0.2) is 25.9 Å². The highest BCUT2D eigenvalue weighted by molar-refractivity contribution is 7.91. The van der Waals surface area contributed by atoms with E-state index in [-0.39, 0.29) is 15.2 Å². The Kier molecular flexibility index (Phi) is 5.05. The number of nitrogens with one attached hydrogen (secondary N) is 2. The summed E-state index contributed by atoms with van der Waals surface area (Å²) in [5.74, 6) is -0.287. The highest BCUT2D eigenvalue weighted by atomic mass is 32.2. The monoisotopic (exact) mass is 325 g/mol. The zero-order valence-corrected chi connectivity index (χ0v) is 13.0. The van der Waals surface area contributed by atoms with E-state index in [9.17, 15) is 13.2 Å². The van der Waals surface area contributed by atoms with Crippen molar-refractivity contribution in [1.29, 1.82) is 0 Å². The first-order valence-electron chi connectivity index (χ1n) is 6.24. The van der Waals surface area contributed by atoms with Crippen molar-refractivity contribution in [3.8, 4) is 0 Å². The summed E-state index contributed by atoms with van der Waals surface area (Å²) in [6.07, 6.45) is 1.85. The van der Waals surface area contributed by atoms with E-state index >= 15 is 0 Å². The third-order valence-electron chi connectivity index (χ3n) is 2.58. The largest absolute Gasteiger partial charge is 0.302 e. The molecule has 0 aliphatic rings. The van der Waals surface area contributed by atoms with Gasteiger partial charge in [-0.25, -0.2) is 18.1 Å². The topological polar surface area (TPSA) is 88.2 Å². The zero-order chi connectivity index (χ0) is 15.3. The van der Waals surface area contributed by atoms with Crippen molar-refractivity contribution in [2.24, 2.45) is 0 Å². The third kappa shape index (κ3) is 4.62. The van der Waals surface area contributed by atoms with Gasteiger partial charge in [-0.2, -0.15) is 0 Å². The number of nitrogens with zero attached hydrogens (tertiary/aromatic N) is 1. The van der Waals surface area contributed by atoms with Crippen LogP contribution in [0.1, 0.15) is 12.5 Å². The number of carbonyl (C=O) groups is 1. The maximum absolute atomic E-state index is 12.1. The van der Waals surface area contributed by atoms with Gasteiger partial charge in [0, 0.05) is 13.5 Å². The molecule has 0 fully saturated rings. The van der Waals surface area contributed by atoms with E-state index < -0.39 is 10.0 Å². The molecule has 2 N–H and O–H groups in total. The van der Waals surface area contributed by atoms with Crippen molar-refractivity contribution >= 4 is 32.4 Å². The van der Waals surface area contributed by atoms with Crippen molar-refractivity contribution in [1.82, 2.24) is 9.71 Å². The minimum Gasteiger partial charge on any atom is -0.302 e. The number of sulfonamides is 1. The van der Waals surface area contributed by atoms with E-state index in [1.54, 1.807) is 0 Å². The quantitative estimate of drug-likeness (QED) is 0.845. The summed E-state index contributed by atoms with van der Waals surface area (Å²) < 4.78 is 26.7. The molecule has 8 heteroatoms. The summed E-state index contributed by atoms with van der Waals surface area (Å²) in [7, 11) is -3.59. The van der Waals surface area contributed by atoms with Crippen molar-refractivity contribution in [2.75, 3.05) is 11.9 Å². The summed E-state index contributed by atoms with van der Waals surface area (Å²) >= 11 is 0.921. The van der Waals surface area contributed by atoms with Gasteiger partial charge in [-0.05, 0) is 12.0 Å². The summed E-state index contributed by atoms with van der Waals surface area (Å²) in [4.78, 5) is 14.7. The van der Waals surface area contributed by atoms with Crippen LogP contribution in [0.5, 0.6) is 0 Å². The predicted octanol–water partition coefficient (Wildman–Crippen LogP) is 1.62. The van der Waals surface area contributed by atoms with Crippen molar-refractivity contribution in [3.05, 3.63) is 42.1 Å². The molecule has 2 aromatic rings. The molecule has 1 heterocycles. The SMILES string of the molecule is CC(=O)Nc1ncc(S(=O)(=O)NCCc2ccccc2)s1. The molecule has 0 radical (unpaired) electrons. The minimum atomic E-state index is -3.59. The average molecular weight is 325 g/mol. The van der Waals surface area contributed by atoms with E-state index in [0.717, 1.165) is 16.9 Å². The van der Waals surface area contributed by atoms with Gasteiger partial charge < -0.3 is 5.32 Å². The molecule has 1 amide bonds. The second kappa shape index (κ2) is 6.79. The normalized spacial score (nSPS) is 11.3. The highest BCUT2D eigenvalue weighted by Crippen LogP contribution is 2.22. The van der Waals surface area contributed by atoms with Crippen LogP contribution in [0.4, 0.5) is 5.13 Å². The number of hydrogen-bond donors (Lipinski definition) is 2. The van der Waals surface area contributed by atoms with E-state index in [4.69, 9.17) is 0 Å². The molecule has 21 heavy (non-hydrogen) atoms. The molecule has 0 spiro atoms. The van der Waals surface area contributed by atoms with Crippen LogP contribution >= 0.6 is 11.3 Å². The lowest BCUT2D eigenvalue weighted by Gasteiger charge is -2.04. The van der Waals surface area contributed by atoms with Crippen molar-refractivity contribution in [3.63, 3.8) is 0 Å². The summed E-state index contributed by atoms with van der Waals surface area (Å²) in [5, 5.41) is 2.72. The molecule has 0 saturated carbocycles. The molecule has 0 atom stereocenters. The average Bonchev–Trinajstić information content (AvgIpc) is 2.88. The number of aromatic nitrogens is 1. The first-order chi connectivity index (χ1) is 9.97. The molecule has 6 nitrogen and oxygen atoms in total. The first kappa shape index (κ1) is 15.6. The molecule has 0 unspecified atom stereocenters. The lowest BCUT2D eigenvalue weighted by Crippen LogP contribution is -2.25. The molecule has 2 rings (SSSR count). The van der Waals surface area contributed by atoms with Gasteiger partial charge in [0.15, 0.2) is 9.34 Å². The Balaban J connectivity index is 1.95. The van der Waals surface area contributed by atoms with Crippen LogP contribution in [0.3, 0.4) is 0 Å². The Hall–Kier alpha value is -1.77. The Morgan fingerprint density at radius 2 is 2.00 bits per heavy atom. The van der Waals surface area contributed by atoms with E-state index in [2.05, 4.69) is 15.0 Å². The minimum absolute atomic E-state index is 0.0827. The Morgan fingerprint density at radius 3 is 2.67 bits per heavy atom. The number of rotatable bonds is 6. The summed E-state index contributed by atoms with van der Waals surface area (Å²) in [6, 6.07) is 9.61. The van der Waals surface area contributed by atoms with Crippen LogP contribution in [0.25, 0.3) is 0 Å². The zero-order valence-electron chi connectivity index (χ0n) is 11.4. The fraction of sp³-hybridized carbons (Fsp3) is 0.231. The Bertz CT molecular complexity index is 711. The van der Waals surface area contributed by atoms with Crippen LogP contribution in [0, 0.1) is 0 Å². The van der Waals surface area contributed by atoms with Gasteiger partial charge in [0.1, 0.15) is 0 Å². The molecular formula is C13H15N3O3S2. The Labute approximate surface area is 127 Å². The second-order valence-corrected chi connectivity index (χ2v) is 7.32. The van der Waals surface area contributed by atoms with Crippen molar-refractivity contribution in [2.45, 2.75) is 17.6 Å². The molecular weight excluding hydrogens is 310 g/mol. The standard InChI is InChI=1S/C13H15N3O3S2/c1-10(17)16-13-14-9-12(20-13)21(18,19)15-8-7-11-5-3-2-4-6-11/h2-6,9,15H,7-8H2,1H3,(H,14,16,17). The van der Waals surface area contributed by atoms with Gasteiger partial charge in [-0.3, -0.25) is 4.79 Å². The fourth-order valence-electron chi connectivity index (χ4n) is 1.64. The summed E-state index contributed by atoms with van der Waals surface area (Å²) in [6.45, 7) is 1.65. The molecule has 1 aromatic heterocycles. The summed E-state index contributed by atoms with van der Waals surface area (Å²) in [5.41, 5.74) is 1.06. The van der Waals surface area contributed by atoms with Gasteiger partial charge in [0.25, 0.3) is 10.0 Å². The van der Waals surface area contributed by atoms with E-state index in [0.29, 0.717) is 13.0 Å². The molecule has 1 aromatic carbocycles. The molecule has 0 saturated heterocycles. The number of thiazole rings is 1. The second-order valence-electron chi connectivity index (χ2n) is 4.30. The maximum atomic E-state index is 12.1. The van der Waals surface area contributed by atoms with Gasteiger partial charge in [-0.1, -0.05) is 41.7 Å². The lowest BCUT2D eigenvalue weighted by atomic mass is 10.2. The molecule has 0 bridgehead atoms. The van der Waals surface area contributed by atoms with E-state index in [1.807, 2.05) is 30.3 Å². The predicted molar refractivity (Wildman–Crippen MR) is 81.8 cm³/mol. The molecule has 0 aliphatic heterocycles. The van der Waals surface area contributed by atoms with Gasteiger partial charge in [-0.15, -0.1) is 0 Å². The Morgan fingerprint density at radius 1 is 1.29 bits per heavy atom.